The topological polar surface area (TPSA) is 42.4 Å². The van der Waals surface area contributed by atoms with Crippen LogP contribution in [0.2, 0.25) is 0 Å². The van der Waals surface area contributed by atoms with Crippen LogP contribution in [0.15, 0.2) is 60.7 Å². The molecule has 3 rings (SSSR count). The minimum Gasteiger partial charge on any atom is -0.497 e. The Morgan fingerprint density at radius 1 is 1.08 bits per heavy atom. The molecule has 3 aromatic rings. The maximum atomic E-state index is 12.7. The van der Waals surface area contributed by atoms with Crippen molar-refractivity contribution in [3.8, 4) is 5.75 Å². The molecule has 0 bridgehead atoms. The first-order valence-electron chi connectivity index (χ1n) is 8.45. The molecule has 4 heteroatoms. The number of carbonyl (C=O) groups is 1. The molecule has 2 aromatic carbocycles. The predicted octanol–water partition coefficient (Wildman–Crippen LogP) is 3.83. The minimum atomic E-state index is 0.0886. The SMILES string of the molecule is CCN(Cc1ccc2ccccc2n1)C(=O)Cc1cccc(OC)c1. The molecular weight excluding hydrogens is 312 g/mol. The van der Waals surface area contributed by atoms with Crippen molar-refractivity contribution in [3.05, 3.63) is 71.9 Å². The van der Waals surface area contributed by atoms with Gasteiger partial charge in [0.15, 0.2) is 0 Å². The van der Waals surface area contributed by atoms with E-state index >= 15 is 0 Å². The van der Waals surface area contributed by atoms with Gasteiger partial charge >= 0.3 is 0 Å². The summed E-state index contributed by atoms with van der Waals surface area (Å²) in [5.41, 5.74) is 2.81. The lowest BCUT2D eigenvalue weighted by atomic mass is 10.1. The first-order valence-corrected chi connectivity index (χ1v) is 8.45. The molecule has 1 aromatic heterocycles. The van der Waals surface area contributed by atoms with Gasteiger partial charge in [-0.2, -0.15) is 0 Å². The van der Waals surface area contributed by atoms with Gasteiger partial charge in [0, 0.05) is 11.9 Å². The Morgan fingerprint density at radius 2 is 1.92 bits per heavy atom. The molecule has 0 aliphatic rings. The molecule has 1 amide bonds. The van der Waals surface area contributed by atoms with Crippen LogP contribution < -0.4 is 4.74 Å². The number of likely N-dealkylation sites (N-methyl/N-ethyl adjacent to an activating group) is 1. The second-order valence-electron chi connectivity index (χ2n) is 5.93. The molecule has 0 spiro atoms. The van der Waals surface area contributed by atoms with Gasteiger partial charge in [0.1, 0.15) is 5.75 Å². The van der Waals surface area contributed by atoms with Crippen LogP contribution in [-0.2, 0) is 17.8 Å². The molecule has 1 heterocycles. The molecule has 128 valence electrons. The highest BCUT2D eigenvalue weighted by Gasteiger charge is 2.14. The van der Waals surface area contributed by atoms with Crippen molar-refractivity contribution in [1.29, 1.82) is 0 Å². The first kappa shape index (κ1) is 17.0. The van der Waals surface area contributed by atoms with E-state index in [1.807, 2.05) is 66.4 Å². The number of hydrogen-bond acceptors (Lipinski definition) is 3. The molecule has 25 heavy (non-hydrogen) atoms. The Bertz CT molecular complexity index is 876. The largest absolute Gasteiger partial charge is 0.497 e. The Morgan fingerprint density at radius 3 is 2.72 bits per heavy atom. The Kier molecular flexibility index (Phi) is 5.29. The molecule has 0 saturated carbocycles. The summed E-state index contributed by atoms with van der Waals surface area (Å²) in [6.07, 6.45) is 0.360. The van der Waals surface area contributed by atoms with E-state index in [1.165, 1.54) is 0 Å². The highest BCUT2D eigenvalue weighted by atomic mass is 16.5. The number of benzene rings is 2. The minimum absolute atomic E-state index is 0.0886. The third-order valence-electron chi connectivity index (χ3n) is 4.23. The number of hydrogen-bond donors (Lipinski definition) is 0. The van der Waals surface area contributed by atoms with Crippen LogP contribution in [0, 0.1) is 0 Å². The molecule has 4 nitrogen and oxygen atoms in total. The summed E-state index contributed by atoms with van der Waals surface area (Å²) in [4.78, 5) is 19.2. The van der Waals surface area contributed by atoms with E-state index in [1.54, 1.807) is 7.11 Å². The molecule has 0 unspecified atom stereocenters. The highest BCUT2D eigenvalue weighted by molar-refractivity contribution is 5.80. The van der Waals surface area contributed by atoms with Gasteiger partial charge in [-0.1, -0.05) is 36.4 Å². The van der Waals surface area contributed by atoms with Gasteiger partial charge in [-0.05, 0) is 36.8 Å². The fourth-order valence-corrected chi connectivity index (χ4v) is 2.84. The zero-order valence-electron chi connectivity index (χ0n) is 14.6. The lowest BCUT2D eigenvalue weighted by Crippen LogP contribution is -2.31. The standard InChI is InChI=1S/C21H22N2O2/c1-3-23(21(24)14-16-7-6-9-19(13-16)25-2)15-18-12-11-17-8-4-5-10-20(17)22-18/h4-13H,3,14-15H2,1-2H3. The third kappa shape index (κ3) is 4.15. The normalized spacial score (nSPS) is 10.6. The molecular formula is C21H22N2O2. The summed E-state index contributed by atoms with van der Waals surface area (Å²) in [6.45, 7) is 3.16. The summed E-state index contributed by atoms with van der Waals surface area (Å²) >= 11 is 0. The van der Waals surface area contributed by atoms with E-state index in [4.69, 9.17) is 4.74 Å². The Balaban J connectivity index is 1.72. The van der Waals surface area contributed by atoms with Crippen LogP contribution in [-0.4, -0.2) is 29.4 Å². The Hall–Kier alpha value is -2.88. The number of carbonyl (C=O) groups excluding carboxylic acids is 1. The number of pyridine rings is 1. The molecule has 0 fully saturated rings. The van der Waals surface area contributed by atoms with Gasteiger partial charge < -0.3 is 9.64 Å². The summed E-state index contributed by atoms with van der Waals surface area (Å²) in [6, 6.07) is 19.7. The van der Waals surface area contributed by atoms with E-state index in [0.29, 0.717) is 19.5 Å². The van der Waals surface area contributed by atoms with Crippen LogP contribution in [0.4, 0.5) is 0 Å². The number of aromatic nitrogens is 1. The van der Waals surface area contributed by atoms with Crippen LogP contribution in [0.3, 0.4) is 0 Å². The van der Waals surface area contributed by atoms with Crippen molar-refractivity contribution in [3.63, 3.8) is 0 Å². The maximum Gasteiger partial charge on any atom is 0.227 e. The van der Waals surface area contributed by atoms with Crippen LogP contribution in [0.25, 0.3) is 10.9 Å². The number of para-hydroxylation sites is 1. The van der Waals surface area contributed by atoms with E-state index in [2.05, 4.69) is 11.1 Å². The van der Waals surface area contributed by atoms with Gasteiger partial charge in [0.05, 0.1) is 31.3 Å². The smallest absolute Gasteiger partial charge is 0.227 e. The zero-order valence-corrected chi connectivity index (χ0v) is 14.6. The molecule has 0 radical (unpaired) electrons. The van der Waals surface area contributed by atoms with E-state index in [-0.39, 0.29) is 5.91 Å². The fourth-order valence-electron chi connectivity index (χ4n) is 2.84. The van der Waals surface area contributed by atoms with Gasteiger partial charge in [0.25, 0.3) is 0 Å². The van der Waals surface area contributed by atoms with Gasteiger partial charge in [0.2, 0.25) is 5.91 Å². The summed E-state index contributed by atoms with van der Waals surface area (Å²) in [7, 11) is 1.63. The average Bonchev–Trinajstić information content (AvgIpc) is 2.66. The number of ether oxygens (including phenoxy) is 1. The summed E-state index contributed by atoms with van der Waals surface area (Å²) in [5, 5.41) is 1.11. The molecule has 0 aliphatic carbocycles. The van der Waals surface area contributed by atoms with Crippen molar-refractivity contribution < 1.29 is 9.53 Å². The second kappa shape index (κ2) is 7.79. The number of rotatable bonds is 6. The van der Waals surface area contributed by atoms with E-state index in [9.17, 15) is 4.79 Å². The summed E-state index contributed by atoms with van der Waals surface area (Å²) in [5.74, 6) is 0.857. The van der Waals surface area contributed by atoms with E-state index < -0.39 is 0 Å². The lowest BCUT2D eigenvalue weighted by molar-refractivity contribution is -0.130. The quantitative estimate of drug-likeness (QED) is 0.688. The van der Waals surface area contributed by atoms with Crippen molar-refractivity contribution >= 4 is 16.8 Å². The second-order valence-corrected chi connectivity index (χ2v) is 5.93. The van der Waals surface area contributed by atoms with Crippen LogP contribution >= 0.6 is 0 Å². The molecule has 0 N–H and O–H groups in total. The molecule has 0 saturated heterocycles. The monoisotopic (exact) mass is 334 g/mol. The highest BCUT2D eigenvalue weighted by Crippen LogP contribution is 2.16. The number of nitrogens with zero attached hydrogens (tertiary/aromatic N) is 2. The van der Waals surface area contributed by atoms with Gasteiger partial charge in [-0.25, -0.2) is 0 Å². The van der Waals surface area contributed by atoms with Crippen LogP contribution in [0.5, 0.6) is 5.75 Å². The maximum absolute atomic E-state index is 12.7. The summed E-state index contributed by atoms with van der Waals surface area (Å²) < 4.78 is 5.22. The van der Waals surface area contributed by atoms with Crippen molar-refractivity contribution in [2.75, 3.05) is 13.7 Å². The lowest BCUT2D eigenvalue weighted by Gasteiger charge is -2.21. The van der Waals surface area contributed by atoms with Gasteiger partial charge in [-0.15, -0.1) is 0 Å². The predicted molar refractivity (Wildman–Crippen MR) is 99.5 cm³/mol. The average molecular weight is 334 g/mol. The number of fused-ring (bicyclic) bond motifs is 1. The van der Waals surface area contributed by atoms with Crippen molar-refractivity contribution in [2.24, 2.45) is 0 Å². The third-order valence-corrected chi connectivity index (χ3v) is 4.23. The Labute approximate surface area is 148 Å². The van der Waals surface area contributed by atoms with Gasteiger partial charge in [-0.3, -0.25) is 9.78 Å². The number of methoxy groups -OCH3 is 1. The van der Waals surface area contributed by atoms with E-state index in [0.717, 1.165) is 27.9 Å². The van der Waals surface area contributed by atoms with Crippen molar-refractivity contribution in [2.45, 2.75) is 19.9 Å². The zero-order chi connectivity index (χ0) is 17.6. The van der Waals surface area contributed by atoms with Crippen LogP contribution in [0.1, 0.15) is 18.2 Å². The molecule has 0 aliphatic heterocycles. The molecule has 0 atom stereocenters. The van der Waals surface area contributed by atoms with Crippen molar-refractivity contribution in [1.82, 2.24) is 9.88 Å². The number of amides is 1. The first-order chi connectivity index (χ1) is 12.2. The fraction of sp³-hybridized carbons (Fsp3) is 0.238.